The van der Waals surface area contributed by atoms with Crippen LogP contribution in [0.3, 0.4) is 0 Å². The molecule has 2 N–H and O–H groups in total. The van der Waals surface area contributed by atoms with Gasteiger partial charge in [-0.25, -0.2) is 4.98 Å². The second kappa shape index (κ2) is 9.20. The lowest BCUT2D eigenvalue weighted by Crippen LogP contribution is -2.43. The van der Waals surface area contributed by atoms with Crippen LogP contribution in [-0.2, 0) is 11.2 Å². The summed E-state index contributed by atoms with van der Waals surface area (Å²) in [6.45, 7) is 1.52. The first kappa shape index (κ1) is 20.7. The van der Waals surface area contributed by atoms with Gasteiger partial charge in [-0.3, -0.25) is 4.79 Å². The number of amides is 1. The van der Waals surface area contributed by atoms with Gasteiger partial charge < -0.3 is 10.6 Å². The number of halogens is 3. The summed E-state index contributed by atoms with van der Waals surface area (Å²) < 4.78 is 0.752. The van der Waals surface area contributed by atoms with Crippen LogP contribution in [0.4, 0.5) is 0 Å². The van der Waals surface area contributed by atoms with Crippen molar-refractivity contribution in [3.8, 4) is 9.88 Å². The molecule has 1 saturated heterocycles. The molecular formula is C14H18Cl3N3OS2. The maximum Gasteiger partial charge on any atom is 0.228 e. The summed E-state index contributed by atoms with van der Waals surface area (Å²) in [5.41, 5.74) is 6.69. The molecule has 2 aromatic heterocycles. The number of thiazole rings is 1. The summed E-state index contributed by atoms with van der Waals surface area (Å²) >= 11 is 9.00. The normalized spacial score (nSPS) is 15.0. The van der Waals surface area contributed by atoms with Crippen molar-refractivity contribution in [3.63, 3.8) is 0 Å². The van der Waals surface area contributed by atoms with Gasteiger partial charge >= 0.3 is 0 Å². The monoisotopic (exact) mass is 413 g/mol. The minimum atomic E-state index is 0. The van der Waals surface area contributed by atoms with E-state index >= 15 is 0 Å². The van der Waals surface area contributed by atoms with Crippen LogP contribution in [0.25, 0.3) is 9.88 Å². The Balaban J connectivity index is 0.00000132. The first-order valence-electron chi connectivity index (χ1n) is 6.85. The van der Waals surface area contributed by atoms with Gasteiger partial charge in [0.05, 0.1) is 21.3 Å². The molecule has 4 nitrogen and oxygen atoms in total. The highest BCUT2D eigenvalue weighted by atomic mass is 35.5. The third-order valence-electron chi connectivity index (χ3n) is 3.56. The van der Waals surface area contributed by atoms with E-state index < -0.39 is 0 Å². The molecule has 3 heterocycles. The smallest absolute Gasteiger partial charge is 0.228 e. The molecule has 3 rings (SSSR count). The second-order valence-corrected chi connectivity index (χ2v) is 7.72. The average molecular weight is 415 g/mol. The number of nitrogens with zero attached hydrogens (tertiary/aromatic N) is 2. The molecule has 0 spiro atoms. The van der Waals surface area contributed by atoms with Crippen molar-refractivity contribution in [1.29, 1.82) is 0 Å². The van der Waals surface area contributed by atoms with Crippen molar-refractivity contribution < 1.29 is 4.79 Å². The van der Waals surface area contributed by atoms with Gasteiger partial charge in [0.25, 0.3) is 0 Å². The Kier molecular flexibility index (Phi) is 8.27. The van der Waals surface area contributed by atoms with Gasteiger partial charge in [0, 0.05) is 24.5 Å². The third kappa shape index (κ3) is 5.31. The Hall–Kier alpha value is -0.370. The Labute approximate surface area is 160 Å². The number of carbonyl (C=O) groups is 1. The molecule has 1 amide bonds. The number of nitrogens with two attached hydrogens (primary N) is 1. The molecule has 2 aromatic rings. The first-order chi connectivity index (χ1) is 10.1. The molecule has 0 atom stereocenters. The number of hydrogen-bond donors (Lipinski definition) is 1. The van der Waals surface area contributed by atoms with Crippen molar-refractivity contribution in [2.75, 3.05) is 13.1 Å². The standard InChI is InChI=1S/C14H16ClN3OS2.2ClH/c15-12-2-1-11(21-12)14-17-10(8-20-14)7-13(19)18-5-3-9(16)4-6-18;;/h1-2,8-9H,3-7,16H2;2*1H. The number of rotatable bonds is 3. The van der Waals surface area contributed by atoms with E-state index in [1.165, 1.54) is 11.3 Å². The minimum absolute atomic E-state index is 0. The molecule has 23 heavy (non-hydrogen) atoms. The molecule has 0 saturated carbocycles. The summed E-state index contributed by atoms with van der Waals surface area (Å²) in [5, 5.41) is 2.88. The number of piperidine rings is 1. The van der Waals surface area contributed by atoms with Crippen LogP contribution < -0.4 is 5.73 Å². The summed E-state index contributed by atoms with van der Waals surface area (Å²) in [5.74, 6) is 0.142. The lowest BCUT2D eigenvalue weighted by atomic mass is 10.1. The van der Waals surface area contributed by atoms with Crippen LogP contribution in [0.1, 0.15) is 18.5 Å². The number of thiophene rings is 1. The van der Waals surface area contributed by atoms with E-state index in [9.17, 15) is 4.79 Å². The van der Waals surface area contributed by atoms with Crippen LogP contribution in [0, 0.1) is 0 Å². The zero-order chi connectivity index (χ0) is 14.8. The highest BCUT2D eigenvalue weighted by molar-refractivity contribution is 7.23. The van der Waals surface area contributed by atoms with Gasteiger partial charge in [-0.15, -0.1) is 47.5 Å². The molecule has 1 aliphatic heterocycles. The largest absolute Gasteiger partial charge is 0.342 e. The molecule has 0 aliphatic carbocycles. The van der Waals surface area contributed by atoms with E-state index in [1.54, 1.807) is 11.3 Å². The fourth-order valence-electron chi connectivity index (χ4n) is 2.35. The van der Waals surface area contributed by atoms with Crippen LogP contribution in [0.5, 0.6) is 0 Å². The summed E-state index contributed by atoms with van der Waals surface area (Å²) in [4.78, 5) is 19.7. The fraction of sp³-hybridized carbons (Fsp3) is 0.429. The van der Waals surface area contributed by atoms with Gasteiger partial charge in [-0.05, 0) is 25.0 Å². The Morgan fingerprint density at radius 3 is 2.65 bits per heavy atom. The van der Waals surface area contributed by atoms with E-state index in [4.69, 9.17) is 17.3 Å². The highest BCUT2D eigenvalue weighted by Gasteiger charge is 2.21. The van der Waals surface area contributed by atoms with Gasteiger partial charge in [-0.2, -0.15) is 0 Å². The number of hydrogen-bond acceptors (Lipinski definition) is 5. The van der Waals surface area contributed by atoms with Crippen molar-refractivity contribution >= 4 is 65.0 Å². The highest BCUT2D eigenvalue weighted by Crippen LogP contribution is 2.33. The van der Waals surface area contributed by atoms with Crippen LogP contribution in [0.2, 0.25) is 4.34 Å². The molecule has 1 aliphatic rings. The van der Waals surface area contributed by atoms with Crippen LogP contribution in [0.15, 0.2) is 17.5 Å². The summed E-state index contributed by atoms with van der Waals surface area (Å²) in [7, 11) is 0. The number of carbonyl (C=O) groups excluding carboxylic acids is 1. The molecule has 0 radical (unpaired) electrons. The lowest BCUT2D eigenvalue weighted by molar-refractivity contribution is -0.131. The van der Waals surface area contributed by atoms with Crippen molar-refractivity contribution in [2.24, 2.45) is 5.73 Å². The Morgan fingerprint density at radius 1 is 1.35 bits per heavy atom. The van der Waals surface area contributed by atoms with E-state index in [0.29, 0.717) is 6.42 Å². The minimum Gasteiger partial charge on any atom is -0.342 e. The third-order valence-corrected chi connectivity index (χ3v) is 5.85. The maximum absolute atomic E-state index is 12.3. The predicted octanol–water partition coefficient (Wildman–Crippen LogP) is 3.86. The van der Waals surface area contributed by atoms with Crippen LogP contribution >= 0.6 is 59.1 Å². The van der Waals surface area contributed by atoms with Gasteiger partial charge in [-0.1, -0.05) is 11.6 Å². The molecule has 0 aromatic carbocycles. The summed E-state index contributed by atoms with van der Waals surface area (Å²) in [6, 6.07) is 4.07. The van der Waals surface area contributed by atoms with E-state index in [-0.39, 0.29) is 36.8 Å². The van der Waals surface area contributed by atoms with Gasteiger partial charge in [0.2, 0.25) is 5.91 Å². The van der Waals surface area contributed by atoms with E-state index in [2.05, 4.69) is 4.98 Å². The second-order valence-electron chi connectivity index (χ2n) is 5.14. The first-order valence-corrected chi connectivity index (χ1v) is 8.92. The zero-order valence-corrected chi connectivity index (χ0v) is 16.3. The van der Waals surface area contributed by atoms with E-state index in [0.717, 1.165) is 45.8 Å². The SMILES string of the molecule is Cl.Cl.NC1CCN(C(=O)Cc2csc(-c3ccc(Cl)s3)n2)CC1. The van der Waals surface area contributed by atoms with Crippen molar-refractivity contribution in [3.05, 3.63) is 27.5 Å². The van der Waals surface area contributed by atoms with Crippen LogP contribution in [-0.4, -0.2) is 34.9 Å². The predicted molar refractivity (Wildman–Crippen MR) is 102 cm³/mol. The molecular weight excluding hydrogens is 397 g/mol. The molecule has 0 unspecified atom stereocenters. The molecule has 128 valence electrons. The number of likely N-dealkylation sites (tertiary alicyclic amines) is 1. The quantitative estimate of drug-likeness (QED) is 0.829. The Morgan fingerprint density at radius 2 is 2.04 bits per heavy atom. The maximum atomic E-state index is 12.3. The van der Waals surface area contributed by atoms with E-state index in [1.807, 2.05) is 22.4 Å². The Bertz CT molecular complexity index is 639. The van der Waals surface area contributed by atoms with Gasteiger partial charge in [0.15, 0.2) is 0 Å². The number of aromatic nitrogens is 1. The van der Waals surface area contributed by atoms with Crippen molar-refractivity contribution in [1.82, 2.24) is 9.88 Å². The lowest BCUT2D eigenvalue weighted by Gasteiger charge is -2.30. The summed E-state index contributed by atoms with van der Waals surface area (Å²) in [6.07, 6.45) is 2.15. The van der Waals surface area contributed by atoms with Gasteiger partial charge in [0.1, 0.15) is 5.01 Å². The van der Waals surface area contributed by atoms with Crippen molar-refractivity contribution in [2.45, 2.75) is 25.3 Å². The zero-order valence-electron chi connectivity index (χ0n) is 12.2. The molecule has 0 bridgehead atoms. The molecule has 9 heteroatoms. The fourth-order valence-corrected chi connectivity index (χ4v) is 4.28. The topological polar surface area (TPSA) is 59.2 Å². The average Bonchev–Trinajstić information content (AvgIpc) is 3.08. The molecule has 1 fully saturated rings.